The lowest BCUT2D eigenvalue weighted by Gasteiger charge is -2.34. The standard InChI is InChI=1S/C27H34N6O5/c1-5-9-23(34)37-18-38-27(36)33-22-17-30(12-6-2)26(35)32(7-3)25(22)29-24(33)21-14-28-31(16-21)15-20-11-8-10-19(4)13-20/h8,10-11,13-14,16H,5-7,9,12,15,17-18H2,1-4H3. The minimum absolute atomic E-state index is 0.157. The molecule has 0 radical (unpaired) electrons. The molecule has 11 heteroatoms. The Bertz CT molecular complexity index is 1310. The van der Waals surface area contributed by atoms with Gasteiger partial charge in [-0.1, -0.05) is 43.7 Å². The topological polar surface area (TPSA) is 112 Å². The average Bonchev–Trinajstić information content (AvgIpc) is 3.49. The molecule has 1 aromatic carbocycles. The number of esters is 1. The lowest BCUT2D eigenvalue weighted by atomic mass is 10.1. The van der Waals surface area contributed by atoms with E-state index in [-0.39, 0.29) is 19.0 Å². The summed E-state index contributed by atoms with van der Waals surface area (Å²) in [6, 6.07) is 7.99. The van der Waals surface area contributed by atoms with Gasteiger partial charge in [-0.2, -0.15) is 5.10 Å². The van der Waals surface area contributed by atoms with E-state index in [1.807, 2.05) is 52.1 Å². The number of fused-ring (bicyclic) bond motifs is 1. The van der Waals surface area contributed by atoms with Gasteiger partial charge in [0.2, 0.25) is 6.79 Å². The fraction of sp³-hybridized carbons (Fsp3) is 0.444. The van der Waals surface area contributed by atoms with Crippen molar-refractivity contribution in [3.8, 4) is 11.4 Å². The molecule has 0 saturated carbocycles. The van der Waals surface area contributed by atoms with Gasteiger partial charge >= 0.3 is 18.1 Å². The van der Waals surface area contributed by atoms with Crippen molar-refractivity contribution < 1.29 is 23.9 Å². The smallest absolute Gasteiger partial charge is 0.423 e. The van der Waals surface area contributed by atoms with Crippen LogP contribution in [0, 0.1) is 6.92 Å². The molecule has 202 valence electrons. The van der Waals surface area contributed by atoms with Crippen LogP contribution in [0.15, 0.2) is 36.7 Å². The van der Waals surface area contributed by atoms with Crippen LogP contribution in [0.4, 0.5) is 15.4 Å². The van der Waals surface area contributed by atoms with Crippen molar-refractivity contribution in [2.24, 2.45) is 0 Å². The number of anilines is 1. The van der Waals surface area contributed by atoms with Gasteiger partial charge in [-0.3, -0.25) is 14.4 Å². The summed E-state index contributed by atoms with van der Waals surface area (Å²) in [4.78, 5) is 46.1. The molecule has 38 heavy (non-hydrogen) atoms. The van der Waals surface area contributed by atoms with Gasteiger partial charge in [0.15, 0.2) is 11.6 Å². The third-order valence-electron chi connectivity index (χ3n) is 6.22. The summed E-state index contributed by atoms with van der Waals surface area (Å²) >= 11 is 0. The maximum Gasteiger partial charge on any atom is 0.423 e. The molecule has 0 spiro atoms. The van der Waals surface area contributed by atoms with Gasteiger partial charge in [0.25, 0.3) is 0 Å². The fourth-order valence-corrected chi connectivity index (χ4v) is 4.48. The van der Waals surface area contributed by atoms with Gasteiger partial charge in [0, 0.05) is 25.7 Å². The molecule has 0 saturated heterocycles. The third kappa shape index (κ3) is 5.71. The number of aromatic nitrogens is 4. The number of carbonyl (C=O) groups is 3. The van der Waals surface area contributed by atoms with Crippen molar-refractivity contribution in [2.45, 2.75) is 60.0 Å². The number of hydrogen-bond donors (Lipinski definition) is 0. The molecular weight excluding hydrogens is 488 g/mol. The van der Waals surface area contributed by atoms with E-state index in [9.17, 15) is 14.4 Å². The second kappa shape index (κ2) is 11.9. The Morgan fingerprint density at radius 2 is 1.92 bits per heavy atom. The Kier molecular flexibility index (Phi) is 8.45. The van der Waals surface area contributed by atoms with E-state index >= 15 is 0 Å². The van der Waals surface area contributed by atoms with Crippen molar-refractivity contribution in [3.63, 3.8) is 0 Å². The zero-order valence-electron chi connectivity index (χ0n) is 22.3. The van der Waals surface area contributed by atoms with E-state index in [0.29, 0.717) is 49.0 Å². The Morgan fingerprint density at radius 3 is 2.63 bits per heavy atom. The van der Waals surface area contributed by atoms with Gasteiger partial charge in [0.05, 0.1) is 30.5 Å². The van der Waals surface area contributed by atoms with Crippen LogP contribution < -0.4 is 4.90 Å². The SMILES string of the molecule is CCCC(=O)OCOC(=O)n1c(-c2cnn(Cc3cccc(C)c3)c2)nc2c1CN(CCC)C(=O)N2CC. The molecule has 1 aliphatic heterocycles. The number of amides is 2. The number of hydrogen-bond acceptors (Lipinski definition) is 7. The molecule has 0 fully saturated rings. The number of imidazole rings is 1. The summed E-state index contributed by atoms with van der Waals surface area (Å²) in [5.41, 5.74) is 3.37. The number of aryl methyl sites for hydroxylation is 1. The van der Waals surface area contributed by atoms with Gasteiger partial charge in [0.1, 0.15) is 0 Å². The highest BCUT2D eigenvalue weighted by Crippen LogP contribution is 2.33. The lowest BCUT2D eigenvalue weighted by Crippen LogP contribution is -2.48. The van der Waals surface area contributed by atoms with Crippen LogP contribution in [-0.4, -0.2) is 62.2 Å². The predicted octanol–water partition coefficient (Wildman–Crippen LogP) is 4.56. The summed E-state index contributed by atoms with van der Waals surface area (Å²) in [7, 11) is 0. The van der Waals surface area contributed by atoms with Gasteiger partial charge in [-0.15, -0.1) is 0 Å². The largest absolute Gasteiger partial charge is 0.428 e. The number of rotatable bonds is 10. The summed E-state index contributed by atoms with van der Waals surface area (Å²) < 4.78 is 13.5. The van der Waals surface area contributed by atoms with Crippen LogP contribution in [0.2, 0.25) is 0 Å². The predicted molar refractivity (Wildman–Crippen MR) is 141 cm³/mol. The van der Waals surface area contributed by atoms with Crippen LogP contribution in [0.5, 0.6) is 0 Å². The molecule has 2 aromatic heterocycles. The van der Waals surface area contributed by atoms with Crippen molar-refractivity contribution in [1.29, 1.82) is 0 Å². The number of ether oxygens (including phenoxy) is 2. The Morgan fingerprint density at radius 1 is 1.11 bits per heavy atom. The lowest BCUT2D eigenvalue weighted by molar-refractivity contribution is -0.151. The van der Waals surface area contributed by atoms with Crippen LogP contribution in [0.25, 0.3) is 11.4 Å². The summed E-state index contributed by atoms with van der Waals surface area (Å²) in [6.45, 7) is 8.91. The molecule has 0 aliphatic carbocycles. The minimum atomic E-state index is -0.744. The highest BCUT2D eigenvalue weighted by atomic mass is 16.7. The molecule has 11 nitrogen and oxygen atoms in total. The molecule has 0 N–H and O–H groups in total. The average molecular weight is 523 g/mol. The summed E-state index contributed by atoms with van der Waals surface area (Å²) in [5.74, 6) is 0.272. The van der Waals surface area contributed by atoms with Gasteiger partial charge < -0.3 is 14.4 Å². The summed E-state index contributed by atoms with van der Waals surface area (Å²) in [6.07, 6.45) is 4.34. The molecule has 4 rings (SSSR count). The molecule has 2 amide bonds. The molecule has 0 unspecified atom stereocenters. The molecule has 3 heterocycles. The number of nitrogens with zero attached hydrogens (tertiary/aromatic N) is 6. The van der Waals surface area contributed by atoms with E-state index in [2.05, 4.69) is 11.2 Å². The van der Waals surface area contributed by atoms with E-state index in [4.69, 9.17) is 14.5 Å². The minimum Gasteiger partial charge on any atom is -0.428 e. The number of benzene rings is 1. The maximum absolute atomic E-state index is 13.3. The van der Waals surface area contributed by atoms with Crippen molar-refractivity contribution in [3.05, 3.63) is 53.5 Å². The molecule has 0 bridgehead atoms. The zero-order valence-corrected chi connectivity index (χ0v) is 22.3. The van der Waals surface area contributed by atoms with E-state index < -0.39 is 18.9 Å². The van der Waals surface area contributed by atoms with Crippen LogP contribution >= 0.6 is 0 Å². The third-order valence-corrected chi connectivity index (χ3v) is 6.22. The Hall–Kier alpha value is -4.15. The van der Waals surface area contributed by atoms with Crippen molar-refractivity contribution in [1.82, 2.24) is 24.2 Å². The quantitative estimate of drug-likeness (QED) is 0.283. The van der Waals surface area contributed by atoms with Crippen LogP contribution in [-0.2, 0) is 27.4 Å². The van der Waals surface area contributed by atoms with Gasteiger partial charge in [-0.05, 0) is 32.3 Å². The zero-order chi connectivity index (χ0) is 27.2. The van der Waals surface area contributed by atoms with Crippen molar-refractivity contribution >= 4 is 23.9 Å². The number of carbonyl (C=O) groups excluding carboxylic acids is 3. The Labute approximate surface area is 221 Å². The molecular formula is C27H34N6O5. The van der Waals surface area contributed by atoms with Gasteiger partial charge in [-0.25, -0.2) is 19.1 Å². The van der Waals surface area contributed by atoms with E-state index in [1.165, 1.54) is 4.57 Å². The highest BCUT2D eigenvalue weighted by Gasteiger charge is 2.36. The van der Waals surface area contributed by atoms with E-state index in [0.717, 1.165) is 17.5 Å². The maximum atomic E-state index is 13.3. The first kappa shape index (κ1) is 26.9. The highest BCUT2D eigenvalue weighted by molar-refractivity contribution is 5.95. The molecule has 3 aromatic rings. The van der Waals surface area contributed by atoms with Crippen LogP contribution in [0.1, 0.15) is 56.9 Å². The first-order chi connectivity index (χ1) is 18.4. The van der Waals surface area contributed by atoms with E-state index in [1.54, 1.807) is 20.7 Å². The monoisotopic (exact) mass is 522 g/mol. The van der Waals surface area contributed by atoms with Crippen LogP contribution in [0.3, 0.4) is 0 Å². The van der Waals surface area contributed by atoms with Crippen molar-refractivity contribution in [2.75, 3.05) is 24.8 Å². The normalized spacial score (nSPS) is 13.0. The Balaban J connectivity index is 1.69. The second-order valence-corrected chi connectivity index (χ2v) is 9.20. The molecule has 0 atom stereocenters. The molecule has 1 aliphatic rings. The number of urea groups is 1. The first-order valence-electron chi connectivity index (χ1n) is 12.9. The first-order valence-corrected chi connectivity index (χ1v) is 12.9. The summed E-state index contributed by atoms with van der Waals surface area (Å²) in [5, 5.41) is 4.48. The fourth-order valence-electron chi connectivity index (χ4n) is 4.48. The second-order valence-electron chi connectivity index (χ2n) is 9.20.